The molecule has 610 valence electrons. The molecule has 0 radical (unpaired) electrons. The molecule has 0 aliphatic carbocycles. The lowest BCUT2D eigenvalue weighted by Crippen LogP contribution is -2.61. The Balaban J connectivity index is 2.53. The molecule has 13 atom stereocenters. The van der Waals surface area contributed by atoms with Crippen LogP contribution in [0, 0.1) is 17.8 Å². The highest BCUT2D eigenvalue weighted by molar-refractivity contribution is 6.00. The lowest BCUT2D eigenvalue weighted by molar-refractivity contribution is -0.143. The Morgan fingerprint density at radius 3 is 1.16 bits per heavy atom. The van der Waals surface area contributed by atoms with Gasteiger partial charge in [0.05, 0.1) is 44.9 Å². The van der Waals surface area contributed by atoms with Gasteiger partial charge in [-0.15, -0.1) is 0 Å². The van der Waals surface area contributed by atoms with Gasteiger partial charge in [0.25, 0.3) is 0 Å². The topological polar surface area (TPSA) is 709 Å². The number of aliphatic carboxylic acids is 3. The van der Waals surface area contributed by atoms with Crippen molar-refractivity contribution >= 4 is 101 Å². The number of primary amides is 1. The number of hydrogen-bond donors (Lipinski definition) is 24. The summed E-state index contributed by atoms with van der Waals surface area (Å²) in [5.74, 6) is -20.5. The molecule has 0 saturated heterocycles. The number of hydrogen-bond acceptors (Lipinski definition) is 24. The standard InChI is InChI=1S/C66H109N21O22/c1-32(2)20-42(80-57(99)40(14-16-49(70)90)78-61(103)44(22-36-25-71-30-74-36)82-58(100)41(15-17-51(92)93)79-64(106)47(28-88)85-65(107)53(34(5)6)87-54(96)35(7)69)59(101)81-43(21-33(3)4)60(102)83-45(23-37-26-72-31-75-37)62(104)84-46(24-52(94)95)63(105)77-38(12-8-10-18-67)55(97)73-27-50(91)76-39(13-9-11-19-68)56(98)86-48(29-89)66(108)109/h25-26,30-35,38-48,53,88-89H,8-24,27-29,67-69H2,1-7H3,(H2,70,90)(H,71,74)(H,72,75)(H,73,97)(H,76,91)(H,77,105)(H,78,103)(H,79,106)(H,80,99)(H,81,101)(H,82,100)(H,83,102)(H,84,104)(H,85,107)(H,86,98)(H,87,96)(H,92,93)(H,94,95)(H,108,109)/t35-,38-,39-,40-,41-,42-,43-,44-,45-,46-,47-,48-,53-/m0/s1. The van der Waals surface area contributed by atoms with E-state index in [9.17, 15) is 107 Å². The molecule has 0 bridgehead atoms. The van der Waals surface area contributed by atoms with E-state index in [0.717, 1.165) is 0 Å². The second-order valence-corrected chi connectivity index (χ2v) is 27.1. The number of nitrogens with two attached hydrogens (primary N) is 4. The fourth-order valence-electron chi connectivity index (χ4n) is 10.5. The quantitative estimate of drug-likeness (QED) is 0.0274. The van der Waals surface area contributed by atoms with Crippen LogP contribution in [-0.4, -0.2) is 257 Å². The highest BCUT2D eigenvalue weighted by Crippen LogP contribution is 2.14. The molecule has 2 aromatic rings. The van der Waals surface area contributed by atoms with Crippen LogP contribution >= 0.6 is 0 Å². The molecule has 14 amide bonds. The highest BCUT2D eigenvalue weighted by atomic mass is 16.4. The first kappa shape index (κ1) is 94.3. The third-order valence-corrected chi connectivity index (χ3v) is 16.4. The zero-order chi connectivity index (χ0) is 82.2. The SMILES string of the molecule is CC(C)C[C@H](NC(=O)[C@H](CC(C)C)NC(=O)[C@H](CCC(N)=O)NC(=O)[C@H](Cc1cnc[nH]1)NC(=O)[C@H](CCC(=O)O)NC(=O)[C@H](CO)NC(=O)[C@@H](NC(=O)[C@H](C)N)C(C)C)C(=O)N[C@@H](Cc1cnc[nH]1)C(=O)N[C@@H](CC(=O)O)C(=O)N[C@@H](CCCCN)C(=O)NCC(=O)N[C@@H](CCCCN)C(=O)N[C@@H](CO)C(=O)O. The van der Waals surface area contributed by atoms with Crippen molar-refractivity contribution in [3.8, 4) is 0 Å². The lowest BCUT2D eigenvalue weighted by Gasteiger charge is -2.29. The number of amides is 14. The second-order valence-electron chi connectivity index (χ2n) is 27.1. The molecule has 109 heavy (non-hydrogen) atoms. The maximum atomic E-state index is 14.6. The number of aliphatic hydroxyl groups excluding tert-OH is 2. The molecule has 43 heteroatoms. The van der Waals surface area contributed by atoms with Crippen LogP contribution in [0.4, 0.5) is 0 Å². The summed E-state index contributed by atoms with van der Waals surface area (Å²) >= 11 is 0. The minimum atomic E-state index is -1.98. The summed E-state index contributed by atoms with van der Waals surface area (Å²) < 4.78 is 0. The van der Waals surface area contributed by atoms with Crippen LogP contribution in [0.1, 0.15) is 143 Å². The van der Waals surface area contributed by atoms with Crippen molar-refractivity contribution in [3.05, 3.63) is 36.4 Å². The Kier molecular flexibility index (Phi) is 42.6. The van der Waals surface area contributed by atoms with Gasteiger partial charge in [0, 0.05) is 49.5 Å². The molecule has 0 aliphatic rings. The molecule has 0 fully saturated rings. The van der Waals surface area contributed by atoms with E-state index in [1.807, 2.05) is 0 Å². The van der Waals surface area contributed by atoms with Crippen LogP contribution in [0.25, 0.3) is 0 Å². The summed E-state index contributed by atoms with van der Waals surface area (Å²) in [6.07, 6.45) is 1.34. The van der Waals surface area contributed by atoms with Crippen molar-refractivity contribution in [2.24, 2.45) is 40.7 Å². The summed E-state index contributed by atoms with van der Waals surface area (Å²) in [4.78, 5) is 242. The first-order chi connectivity index (χ1) is 51.3. The number of nitrogens with one attached hydrogen (secondary N) is 15. The number of aromatic nitrogens is 4. The van der Waals surface area contributed by atoms with E-state index in [0.29, 0.717) is 19.3 Å². The van der Waals surface area contributed by atoms with Gasteiger partial charge in [0.2, 0.25) is 82.7 Å². The van der Waals surface area contributed by atoms with Crippen LogP contribution in [0.3, 0.4) is 0 Å². The molecule has 28 N–H and O–H groups in total. The maximum Gasteiger partial charge on any atom is 0.328 e. The van der Waals surface area contributed by atoms with Crippen molar-refractivity contribution in [1.82, 2.24) is 89.1 Å². The van der Waals surface area contributed by atoms with Gasteiger partial charge in [0.1, 0.15) is 72.5 Å². The number of nitrogens with zero attached hydrogens (tertiary/aromatic N) is 2. The van der Waals surface area contributed by atoms with E-state index < -0.39 is 262 Å². The minimum absolute atomic E-state index is 0.0273. The monoisotopic (exact) mass is 1550 g/mol. The third-order valence-electron chi connectivity index (χ3n) is 16.4. The van der Waals surface area contributed by atoms with Gasteiger partial charge < -0.3 is 128 Å². The molecule has 2 aromatic heterocycles. The fourth-order valence-corrected chi connectivity index (χ4v) is 10.5. The van der Waals surface area contributed by atoms with Crippen LogP contribution in [0.15, 0.2) is 25.0 Å². The molecule has 0 saturated carbocycles. The third kappa shape index (κ3) is 36.1. The molecule has 2 heterocycles. The van der Waals surface area contributed by atoms with Crippen LogP contribution in [0.2, 0.25) is 0 Å². The molecular formula is C66H109N21O22. The van der Waals surface area contributed by atoms with Crippen molar-refractivity contribution in [2.75, 3.05) is 32.8 Å². The maximum absolute atomic E-state index is 14.6. The summed E-state index contributed by atoms with van der Waals surface area (Å²) in [5.41, 5.74) is 22.8. The number of carboxylic acid groups (broad SMARTS) is 3. The van der Waals surface area contributed by atoms with Crippen LogP contribution in [-0.2, 0) is 94.3 Å². The zero-order valence-electron chi connectivity index (χ0n) is 62.1. The average Bonchev–Trinajstić information content (AvgIpc) is 1.82. The van der Waals surface area contributed by atoms with Gasteiger partial charge in [-0.1, -0.05) is 41.5 Å². The summed E-state index contributed by atoms with van der Waals surface area (Å²) in [7, 11) is 0. The van der Waals surface area contributed by atoms with E-state index in [1.54, 1.807) is 41.5 Å². The number of aliphatic hydroxyl groups is 2. The van der Waals surface area contributed by atoms with Gasteiger partial charge in [-0.3, -0.25) is 76.7 Å². The lowest BCUT2D eigenvalue weighted by atomic mass is 9.99. The van der Waals surface area contributed by atoms with Crippen molar-refractivity contribution < 1.29 is 107 Å². The van der Waals surface area contributed by atoms with Gasteiger partial charge in [-0.2, -0.15) is 0 Å². The Bertz CT molecular complexity index is 3360. The Hall–Kier alpha value is -10.8. The number of carbonyl (C=O) groups excluding carboxylic acids is 14. The number of H-pyrrole nitrogens is 2. The molecule has 43 nitrogen and oxygen atoms in total. The van der Waals surface area contributed by atoms with Crippen molar-refractivity contribution in [3.63, 3.8) is 0 Å². The Morgan fingerprint density at radius 2 is 0.780 bits per heavy atom. The molecule has 2 rings (SSSR count). The zero-order valence-corrected chi connectivity index (χ0v) is 62.1. The van der Waals surface area contributed by atoms with Gasteiger partial charge >= 0.3 is 17.9 Å². The normalized spacial score (nSPS) is 14.8. The fraction of sp³-hybridized carbons (Fsp3) is 0.652. The van der Waals surface area contributed by atoms with Gasteiger partial charge in [-0.05, 0) is 102 Å². The average molecular weight is 1550 g/mol. The largest absolute Gasteiger partial charge is 0.481 e. The van der Waals surface area contributed by atoms with Crippen molar-refractivity contribution in [2.45, 2.75) is 223 Å². The molecule has 0 aliphatic heterocycles. The van der Waals surface area contributed by atoms with E-state index >= 15 is 0 Å². The molecule has 0 spiro atoms. The Labute approximate surface area is 627 Å². The van der Waals surface area contributed by atoms with Crippen molar-refractivity contribution in [1.29, 1.82) is 0 Å². The molecule has 0 unspecified atom stereocenters. The molecular weight excluding hydrogens is 1440 g/mol. The second kappa shape index (κ2) is 49.2. The van der Waals surface area contributed by atoms with Crippen LogP contribution in [0.5, 0.6) is 0 Å². The number of carbonyl (C=O) groups is 17. The number of rotatable bonds is 54. The number of aromatic amines is 2. The van der Waals surface area contributed by atoms with E-state index in [1.165, 1.54) is 32.0 Å². The first-order valence-corrected chi connectivity index (χ1v) is 35.5. The van der Waals surface area contributed by atoms with E-state index in [-0.39, 0.29) is 56.6 Å². The van der Waals surface area contributed by atoms with E-state index in [2.05, 4.69) is 89.1 Å². The number of imidazole rings is 2. The summed E-state index contributed by atoms with van der Waals surface area (Å²) in [5, 5.41) is 79.8. The highest BCUT2D eigenvalue weighted by Gasteiger charge is 2.39. The van der Waals surface area contributed by atoms with E-state index in [4.69, 9.17) is 22.9 Å². The summed E-state index contributed by atoms with van der Waals surface area (Å²) in [6, 6.07) is -20.7. The van der Waals surface area contributed by atoms with Crippen LogP contribution < -0.4 is 92.1 Å². The minimum Gasteiger partial charge on any atom is -0.481 e. The number of unbranched alkanes of at least 4 members (excludes halogenated alkanes) is 2. The summed E-state index contributed by atoms with van der Waals surface area (Å²) in [6.45, 7) is 8.71. The van der Waals surface area contributed by atoms with Gasteiger partial charge in [-0.25, -0.2) is 14.8 Å². The number of carboxylic acids is 3. The molecule has 0 aromatic carbocycles. The Morgan fingerprint density at radius 1 is 0.413 bits per heavy atom. The predicted octanol–water partition coefficient (Wildman–Crippen LogP) is -8.12. The predicted molar refractivity (Wildman–Crippen MR) is 383 cm³/mol. The smallest absolute Gasteiger partial charge is 0.328 e. The first-order valence-electron chi connectivity index (χ1n) is 35.5. The van der Waals surface area contributed by atoms with Gasteiger partial charge in [0.15, 0.2) is 0 Å².